The van der Waals surface area contributed by atoms with E-state index in [2.05, 4.69) is 4.98 Å². The average Bonchev–Trinajstić information content (AvgIpc) is 3.67. The van der Waals surface area contributed by atoms with Crippen molar-refractivity contribution >= 4 is 29.0 Å². The maximum atomic E-state index is 13.3. The molecule has 33 heavy (non-hydrogen) atoms. The summed E-state index contributed by atoms with van der Waals surface area (Å²) in [4.78, 5) is 29.9. The number of hydrogen-bond donors (Lipinski definition) is 1. The number of methoxy groups -OCH3 is 1. The fraction of sp³-hybridized carbons (Fsp3) is 0.435. The molecule has 0 amide bonds. The molecule has 0 radical (unpaired) electrons. The van der Waals surface area contributed by atoms with Crippen molar-refractivity contribution in [3.8, 4) is 5.75 Å². The Balaban J connectivity index is 1.62. The van der Waals surface area contributed by atoms with Gasteiger partial charge in [-0.15, -0.1) is 0 Å². The number of ether oxygens (including phenoxy) is 1. The second-order valence-corrected chi connectivity index (χ2v) is 8.87. The van der Waals surface area contributed by atoms with Gasteiger partial charge in [0.2, 0.25) is 0 Å². The van der Waals surface area contributed by atoms with E-state index in [0.29, 0.717) is 23.7 Å². The van der Waals surface area contributed by atoms with E-state index in [0.717, 1.165) is 18.9 Å². The molecule has 176 valence electrons. The molecule has 2 aliphatic rings. The number of rotatable bonds is 9. The molecule has 1 heterocycles. The van der Waals surface area contributed by atoms with Crippen molar-refractivity contribution in [3.05, 3.63) is 52.3 Å². The van der Waals surface area contributed by atoms with Crippen molar-refractivity contribution in [1.29, 1.82) is 0 Å². The zero-order chi connectivity index (χ0) is 23.9. The molecule has 0 saturated heterocycles. The molecule has 6 nitrogen and oxygen atoms in total. The topological polar surface area (TPSA) is 79.7 Å². The summed E-state index contributed by atoms with van der Waals surface area (Å²) in [6.45, 7) is 0.718. The number of halogens is 4. The van der Waals surface area contributed by atoms with Crippen molar-refractivity contribution in [2.24, 2.45) is 17.8 Å². The zero-order valence-corrected chi connectivity index (χ0v) is 18.5. The van der Waals surface area contributed by atoms with Crippen LogP contribution in [0.2, 0.25) is 5.02 Å². The van der Waals surface area contributed by atoms with Gasteiger partial charge in [-0.2, -0.15) is 13.2 Å². The van der Waals surface area contributed by atoms with Crippen LogP contribution in [0.25, 0.3) is 0 Å². The number of benzene rings is 1. The summed E-state index contributed by atoms with van der Waals surface area (Å²) < 4.78 is 45.2. The Morgan fingerprint density at radius 2 is 2.00 bits per heavy atom. The number of nitrogens with zero attached hydrogens (tertiary/aromatic N) is 2. The SMILES string of the molecule is COc1cc(N(Cc2cccc(C(F)(F)F)c2Cl)CC2CC2)cnc1C(=O)C1CC1C(=O)O. The number of alkyl halides is 3. The van der Waals surface area contributed by atoms with Gasteiger partial charge < -0.3 is 14.7 Å². The first-order chi connectivity index (χ1) is 15.6. The second kappa shape index (κ2) is 8.85. The lowest BCUT2D eigenvalue weighted by atomic mass is 10.1. The molecular weight excluding hydrogens is 461 g/mol. The third kappa shape index (κ3) is 5.08. The summed E-state index contributed by atoms with van der Waals surface area (Å²) in [7, 11) is 1.38. The zero-order valence-electron chi connectivity index (χ0n) is 17.7. The number of anilines is 1. The molecule has 4 rings (SSSR count). The van der Waals surface area contributed by atoms with Crippen LogP contribution in [0.1, 0.15) is 40.9 Å². The van der Waals surface area contributed by atoms with E-state index in [1.54, 1.807) is 12.1 Å². The van der Waals surface area contributed by atoms with Gasteiger partial charge in [-0.05, 0) is 36.8 Å². The summed E-state index contributed by atoms with van der Waals surface area (Å²) in [5.74, 6) is -2.13. The van der Waals surface area contributed by atoms with E-state index in [4.69, 9.17) is 21.4 Å². The van der Waals surface area contributed by atoms with Gasteiger partial charge >= 0.3 is 12.1 Å². The first-order valence-electron chi connectivity index (χ1n) is 10.5. The number of carboxylic acids is 1. The monoisotopic (exact) mass is 482 g/mol. The van der Waals surface area contributed by atoms with E-state index >= 15 is 0 Å². The molecule has 10 heteroatoms. The van der Waals surface area contributed by atoms with Crippen LogP contribution in [0, 0.1) is 17.8 Å². The number of carbonyl (C=O) groups excluding carboxylic acids is 1. The predicted octanol–water partition coefficient (Wildman–Crippen LogP) is 5.08. The second-order valence-electron chi connectivity index (χ2n) is 8.50. The van der Waals surface area contributed by atoms with E-state index < -0.39 is 29.5 Å². The molecule has 1 N–H and O–H groups in total. The van der Waals surface area contributed by atoms with Crippen LogP contribution < -0.4 is 9.64 Å². The fourth-order valence-corrected chi connectivity index (χ4v) is 4.17. The smallest absolute Gasteiger partial charge is 0.417 e. The van der Waals surface area contributed by atoms with Crippen LogP contribution in [-0.4, -0.2) is 35.5 Å². The Hall–Kier alpha value is -2.81. The van der Waals surface area contributed by atoms with Crippen molar-refractivity contribution in [1.82, 2.24) is 4.98 Å². The highest BCUT2D eigenvalue weighted by atomic mass is 35.5. The normalized spacial score (nSPS) is 19.8. The van der Waals surface area contributed by atoms with Crippen molar-refractivity contribution < 1.29 is 32.6 Å². The maximum Gasteiger partial charge on any atom is 0.417 e. The standard InChI is InChI=1S/C23H22ClF3N2O4/c1-33-18-7-14(9-28-20(18)21(30)15-8-16(15)22(31)32)29(10-12-5-6-12)11-13-3-2-4-17(19(13)24)23(25,26)27/h2-4,7,9,12,15-16H,5-6,8,10-11H2,1H3,(H,31,32). The Labute approximate surface area is 193 Å². The first-order valence-corrected chi connectivity index (χ1v) is 10.9. The summed E-state index contributed by atoms with van der Waals surface area (Å²) in [6.07, 6.45) is -0.781. The third-order valence-electron chi connectivity index (χ3n) is 6.02. The average molecular weight is 483 g/mol. The van der Waals surface area contributed by atoms with E-state index in [-0.39, 0.29) is 35.2 Å². The van der Waals surface area contributed by atoms with Gasteiger partial charge in [-0.1, -0.05) is 23.7 Å². The van der Waals surface area contributed by atoms with Gasteiger partial charge in [0.15, 0.2) is 5.78 Å². The molecule has 2 saturated carbocycles. The lowest BCUT2D eigenvalue weighted by molar-refractivity contribution is -0.139. The molecule has 2 fully saturated rings. The van der Waals surface area contributed by atoms with E-state index in [9.17, 15) is 22.8 Å². The molecule has 0 bridgehead atoms. The number of ketones is 1. The van der Waals surface area contributed by atoms with Crippen LogP contribution in [-0.2, 0) is 17.5 Å². The first kappa shape index (κ1) is 23.4. The molecule has 2 aromatic rings. The Kier molecular flexibility index (Phi) is 6.26. The quantitative estimate of drug-likeness (QED) is 0.502. The molecular formula is C23H22ClF3N2O4. The minimum absolute atomic E-state index is 0.0541. The van der Waals surface area contributed by atoms with Crippen molar-refractivity contribution in [3.63, 3.8) is 0 Å². The van der Waals surface area contributed by atoms with Crippen LogP contribution in [0.15, 0.2) is 30.5 Å². The van der Waals surface area contributed by atoms with E-state index in [1.165, 1.54) is 19.4 Å². The maximum absolute atomic E-state index is 13.3. The summed E-state index contributed by atoms with van der Waals surface area (Å²) in [6, 6.07) is 5.44. The highest BCUT2D eigenvalue weighted by Crippen LogP contribution is 2.43. The fourth-order valence-electron chi connectivity index (χ4n) is 3.88. The number of aromatic nitrogens is 1. The number of Topliss-reactive ketones (excluding diaryl/α,β-unsaturated/α-hetero) is 1. The minimum Gasteiger partial charge on any atom is -0.494 e. The molecule has 2 aliphatic carbocycles. The predicted molar refractivity (Wildman–Crippen MR) is 115 cm³/mol. The molecule has 2 atom stereocenters. The largest absolute Gasteiger partial charge is 0.494 e. The van der Waals surface area contributed by atoms with Gasteiger partial charge in [0.05, 0.1) is 35.5 Å². The van der Waals surface area contributed by atoms with Crippen molar-refractivity contribution in [2.75, 3.05) is 18.6 Å². The molecule has 0 spiro atoms. The minimum atomic E-state index is -4.56. The lowest BCUT2D eigenvalue weighted by Crippen LogP contribution is -2.26. The van der Waals surface area contributed by atoms with Gasteiger partial charge in [0, 0.05) is 25.1 Å². The molecule has 2 unspecified atom stereocenters. The lowest BCUT2D eigenvalue weighted by Gasteiger charge is -2.26. The number of hydrogen-bond acceptors (Lipinski definition) is 5. The number of carboxylic acid groups (broad SMARTS) is 1. The molecule has 1 aromatic heterocycles. The van der Waals surface area contributed by atoms with Gasteiger partial charge in [-0.3, -0.25) is 9.59 Å². The van der Waals surface area contributed by atoms with Gasteiger partial charge in [0.1, 0.15) is 11.4 Å². The van der Waals surface area contributed by atoms with E-state index in [1.807, 2.05) is 4.90 Å². The molecule has 1 aromatic carbocycles. The molecule has 0 aliphatic heterocycles. The number of pyridine rings is 1. The number of aliphatic carboxylic acids is 1. The van der Waals surface area contributed by atoms with Gasteiger partial charge in [-0.25, -0.2) is 4.98 Å². The summed E-state index contributed by atoms with van der Waals surface area (Å²) in [5, 5.41) is 8.75. The van der Waals surface area contributed by atoms with Crippen LogP contribution in [0.3, 0.4) is 0 Å². The highest BCUT2D eigenvalue weighted by Gasteiger charge is 2.49. The van der Waals surface area contributed by atoms with Crippen LogP contribution in [0.5, 0.6) is 5.75 Å². The summed E-state index contributed by atoms with van der Waals surface area (Å²) in [5.41, 5.74) is 0.0727. The van der Waals surface area contributed by atoms with Crippen LogP contribution >= 0.6 is 11.6 Å². The Bertz CT molecular complexity index is 1090. The Morgan fingerprint density at radius 1 is 1.27 bits per heavy atom. The third-order valence-corrected chi connectivity index (χ3v) is 6.47. The summed E-state index contributed by atoms with van der Waals surface area (Å²) >= 11 is 6.10. The Morgan fingerprint density at radius 3 is 2.58 bits per heavy atom. The van der Waals surface area contributed by atoms with Gasteiger partial charge in [0.25, 0.3) is 0 Å². The van der Waals surface area contributed by atoms with Crippen molar-refractivity contribution in [2.45, 2.75) is 32.0 Å². The number of carbonyl (C=O) groups is 2. The highest BCUT2D eigenvalue weighted by molar-refractivity contribution is 6.32. The van der Waals surface area contributed by atoms with Crippen LogP contribution in [0.4, 0.5) is 18.9 Å².